The number of benzene rings is 2. The van der Waals surface area contributed by atoms with Crippen molar-refractivity contribution in [2.24, 2.45) is 7.05 Å². The summed E-state index contributed by atoms with van der Waals surface area (Å²) in [6.07, 6.45) is 7.51. The van der Waals surface area contributed by atoms with Crippen molar-refractivity contribution in [1.29, 1.82) is 0 Å². The smallest absolute Gasteiger partial charge is 0.261 e. The van der Waals surface area contributed by atoms with E-state index >= 15 is 0 Å². The lowest BCUT2D eigenvalue weighted by molar-refractivity contribution is 0.416. The first-order valence-corrected chi connectivity index (χ1v) is 11.9. The molecule has 4 rings (SSSR count). The lowest BCUT2D eigenvalue weighted by Crippen LogP contribution is -2.28. The number of aryl methyl sites for hydroxylation is 2. The molecule has 36 heavy (non-hydrogen) atoms. The van der Waals surface area contributed by atoms with E-state index in [1.54, 1.807) is 25.4 Å². The number of terminal acetylenes is 1. The minimum atomic E-state index is -0.269. The molecule has 0 amide bonds. The van der Waals surface area contributed by atoms with Gasteiger partial charge in [0.05, 0.1) is 16.5 Å². The molecule has 0 aliphatic heterocycles. The summed E-state index contributed by atoms with van der Waals surface area (Å²) < 4.78 is 1.48. The van der Waals surface area contributed by atoms with Gasteiger partial charge >= 0.3 is 0 Å². The van der Waals surface area contributed by atoms with Crippen LogP contribution in [0.25, 0.3) is 22.2 Å². The highest BCUT2D eigenvalue weighted by atomic mass is 35.5. The number of nitrogens with zero attached hydrogens (tertiary/aromatic N) is 5. The van der Waals surface area contributed by atoms with Crippen molar-refractivity contribution in [1.82, 2.24) is 19.4 Å². The number of nitrogens with one attached hydrogen (secondary N) is 1. The normalized spacial score (nSPS) is 11.1. The van der Waals surface area contributed by atoms with E-state index in [0.29, 0.717) is 38.7 Å². The van der Waals surface area contributed by atoms with Crippen LogP contribution in [0.15, 0.2) is 53.5 Å². The molecule has 0 atom stereocenters. The van der Waals surface area contributed by atoms with Crippen LogP contribution in [0.4, 0.5) is 17.3 Å². The second kappa shape index (κ2) is 10.4. The number of aromatic nitrogens is 3. The highest BCUT2D eigenvalue weighted by Gasteiger charge is 2.19. The molecule has 4 aromatic rings. The zero-order valence-electron chi connectivity index (χ0n) is 21.1. The molecule has 0 radical (unpaired) electrons. The molecule has 0 aliphatic carbocycles. The van der Waals surface area contributed by atoms with Gasteiger partial charge < -0.3 is 15.1 Å². The highest BCUT2D eigenvalue weighted by molar-refractivity contribution is 6.33. The van der Waals surface area contributed by atoms with Crippen LogP contribution in [0.1, 0.15) is 11.1 Å². The Morgan fingerprint density at radius 2 is 1.89 bits per heavy atom. The molecule has 0 saturated heterocycles. The minimum Gasteiger partial charge on any atom is -0.373 e. The van der Waals surface area contributed by atoms with Gasteiger partial charge in [-0.1, -0.05) is 35.7 Å². The quantitative estimate of drug-likeness (QED) is 0.372. The van der Waals surface area contributed by atoms with Crippen LogP contribution in [0, 0.1) is 19.3 Å². The van der Waals surface area contributed by atoms with E-state index in [9.17, 15) is 4.79 Å². The number of fused-ring (bicyclic) bond motifs is 1. The van der Waals surface area contributed by atoms with Crippen LogP contribution < -0.4 is 15.8 Å². The summed E-state index contributed by atoms with van der Waals surface area (Å²) in [7, 11) is 7.89. The SMILES string of the molecule is C#Cc1c(-c2ccccc2Cl)c(=O)n(C)c2nc(Nc3ccc(N(C)CCN(C)C)c(C)c3)ncc12. The molecule has 0 saturated carbocycles. The first-order valence-electron chi connectivity index (χ1n) is 11.6. The van der Waals surface area contributed by atoms with Crippen LogP contribution in [0.5, 0.6) is 0 Å². The van der Waals surface area contributed by atoms with E-state index < -0.39 is 0 Å². The Bertz CT molecular complexity index is 1540. The molecular weight excluding hydrogens is 472 g/mol. The number of hydrogen-bond donors (Lipinski definition) is 1. The molecule has 8 heteroatoms. The molecule has 2 aromatic heterocycles. The summed E-state index contributed by atoms with van der Waals surface area (Å²) in [6, 6.07) is 13.3. The summed E-state index contributed by atoms with van der Waals surface area (Å²) in [5.74, 6) is 3.04. The van der Waals surface area contributed by atoms with Crippen molar-refractivity contribution in [2.45, 2.75) is 6.92 Å². The average Bonchev–Trinajstić information content (AvgIpc) is 2.85. The number of anilines is 3. The van der Waals surface area contributed by atoms with Crippen LogP contribution in [0.2, 0.25) is 5.02 Å². The first-order chi connectivity index (χ1) is 17.2. The van der Waals surface area contributed by atoms with E-state index in [1.807, 2.05) is 18.2 Å². The average molecular weight is 501 g/mol. The van der Waals surface area contributed by atoms with Crippen LogP contribution in [-0.4, -0.2) is 53.7 Å². The number of hydrogen-bond acceptors (Lipinski definition) is 6. The van der Waals surface area contributed by atoms with Crippen LogP contribution in [-0.2, 0) is 7.05 Å². The van der Waals surface area contributed by atoms with Crippen molar-refractivity contribution in [2.75, 3.05) is 44.4 Å². The molecule has 0 bridgehead atoms. The second-order valence-electron chi connectivity index (χ2n) is 9.02. The van der Waals surface area contributed by atoms with Crippen molar-refractivity contribution in [3.63, 3.8) is 0 Å². The molecule has 0 spiro atoms. The number of pyridine rings is 1. The molecule has 0 fully saturated rings. The molecule has 1 N–H and O–H groups in total. The van der Waals surface area contributed by atoms with Gasteiger partial charge in [-0.25, -0.2) is 4.98 Å². The summed E-state index contributed by atoms with van der Waals surface area (Å²) in [5.41, 5.74) is 4.70. The molecule has 7 nitrogen and oxygen atoms in total. The topological polar surface area (TPSA) is 66.3 Å². The number of likely N-dealkylation sites (N-methyl/N-ethyl adjacent to an activating group) is 2. The second-order valence-corrected chi connectivity index (χ2v) is 9.43. The van der Waals surface area contributed by atoms with Gasteiger partial charge in [0.1, 0.15) is 5.65 Å². The van der Waals surface area contributed by atoms with Gasteiger partial charge in [-0.05, 0) is 50.8 Å². The van der Waals surface area contributed by atoms with Gasteiger partial charge in [0.15, 0.2) is 0 Å². The minimum absolute atomic E-state index is 0.269. The number of rotatable bonds is 7. The fourth-order valence-electron chi connectivity index (χ4n) is 4.20. The number of halogens is 1. The summed E-state index contributed by atoms with van der Waals surface area (Å²) in [5, 5.41) is 4.32. The Labute approximate surface area is 216 Å². The molecule has 2 aromatic carbocycles. The van der Waals surface area contributed by atoms with Gasteiger partial charge in [-0.2, -0.15) is 4.98 Å². The Hall–Kier alpha value is -3.86. The summed E-state index contributed by atoms with van der Waals surface area (Å²) in [6.45, 7) is 3.97. The lowest BCUT2D eigenvalue weighted by Gasteiger charge is -2.23. The molecule has 184 valence electrons. The third kappa shape index (κ3) is 4.92. The maximum Gasteiger partial charge on any atom is 0.261 e. The predicted octanol–water partition coefficient (Wildman–Crippen LogP) is 4.68. The fraction of sp³-hybridized carbons (Fsp3) is 0.250. The zero-order valence-corrected chi connectivity index (χ0v) is 21.9. The Kier molecular flexibility index (Phi) is 7.30. The largest absolute Gasteiger partial charge is 0.373 e. The maximum absolute atomic E-state index is 13.3. The Morgan fingerprint density at radius 1 is 1.14 bits per heavy atom. The van der Waals surface area contributed by atoms with Gasteiger partial charge in [-0.3, -0.25) is 9.36 Å². The fourth-order valence-corrected chi connectivity index (χ4v) is 4.43. The van der Waals surface area contributed by atoms with Crippen LogP contribution >= 0.6 is 11.6 Å². The zero-order chi connectivity index (χ0) is 26.0. The summed E-state index contributed by atoms with van der Waals surface area (Å²) >= 11 is 6.39. The van der Waals surface area contributed by atoms with E-state index in [0.717, 1.165) is 30.0 Å². The van der Waals surface area contributed by atoms with Gasteiger partial charge in [-0.15, -0.1) is 6.42 Å². The molecule has 2 heterocycles. The molecule has 0 aliphatic rings. The standard InChI is InChI=1S/C28H29ClN6O/c1-7-20-22-17-30-28(31-19-12-13-24(18(2)16-19)34(5)15-14-33(3)4)32-26(22)35(6)27(36)25(20)21-10-8-9-11-23(21)29/h1,8-13,16-17H,14-15H2,2-6H3,(H,30,31,32). The van der Waals surface area contributed by atoms with Crippen molar-refractivity contribution in [3.05, 3.63) is 75.2 Å². The Morgan fingerprint density at radius 3 is 2.56 bits per heavy atom. The summed E-state index contributed by atoms with van der Waals surface area (Å²) in [4.78, 5) is 26.9. The third-order valence-corrected chi connectivity index (χ3v) is 6.49. The van der Waals surface area contributed by atoms with Gasteiger partial charge in [0.25, 0.3) is 5.56 Å². The van der Waals surface area contributed by atoms with Gasteiger partial charge in [0, 0.05) is 55.3 Å². The third-order valence-electron chi connectivity index (χ3n) is 6.16. The van der Waals surface area contributed by atoms with Crippen LogP contribution in [0.3, 0.4) is 0 Å². The van der Waals surface area contributed by atoms with E-state index in [-0.39, 0.29) is 5.56 Å². The highest BCUT2D eigenvalue weighted by Crippen LogP contribution is 2.31. The molecule has 0 unspecified atom stereocenters. The monoisotopic (exact) mass is 500 g/mol. The Balaban J connectivity index is 1.70. The first kappa shape index (κ1) is 25.2. The van der Waals surface area contributed by atoms with Crippen molar-refractivity contribution < 1.29 is 0 Å². The predicted molar refractivity (Wildman–Crippen MR) is 149 cm³/mol. The van der Waals surface area contributed by atoms with E-state index in [4.69, 9.17) is 18.0 Å². The van der Waals surface area contributed by atoms with Gasteiger partial charge in [0.2, 0.25) is 5.95 Å². The van der Waals surface area contributed by atoms with E-state index in [2.05, 4.69) is 71.2 Å². The van der Waals surface area contributed by atoms with Crippen molar-refractivity contribution >= 4 is 40.0 Å². The maximum atomic E-state index is 13.3. The lowest BCUT2D eigenvalue weighted by atomic mass is 9.99. The molecular formula is C28H29ClN6O. The van der Waals surface area contributed by atoms with E-state index in [1.165, 1.54) is 4.57 Å². The van der Waals surface area contributed by atoms with Crippen molar-refractivity contribution in [3.8, 4) is 23.5 Å².